The zero-order chi connectivity index (χ0) is 9.23. The predicted molar refractivity (Wildman–Crippen MR) is 49.9 cm³/mol. The van der Waals surface area contributed by atoms with Gasteiger partial charge in [0.15, 0.2) is 0 Å². The van der Waals surface area contributed by atoms with E-state index in [0.717, 1.165) is 6.42 Å². The number of aliphatic hydroxyl groups is 1. The molecule has 0 amide bonds. The molecule has 0 aliphatic carbocycles. The van der Waals surface area contributed by atoms with Crippen LogP contribution in [0.2, 0.25) is 0 Å². The highest BCUT2D eigenvalue weighted by Gasteiger charge is 1.79. The van der Waals surface area contributed by atoms with Crippen molar-refractivity contribution in [2.75, 3.05) is 13.9 Å². The van der Waals surface area contributed by atoms with E-state index in [1.54, 1.807) is 0 Å². The molecule has 0 aliphatic rings. The Kier molecular flexibility index (Phi) is 7.65. The van der Waals surface area contributed by atoms with Crippen LogP contribution in [0.25, 0.3) is 0 Å². The number of hydrogen-bond donors (Lipinski definition) is 1. The van der Waals surface area contributed by atoms with Crippen molar-refractivity contribution in [3.05, 3.63) is 35.9 Å². The van der Waals surface area contributed by atoms with Gasteiger partial charge in [-0.25, -0.2) is 0 Å². The summed E-state index contributed by atoms with van der Waals surface area (Å²) in [7, 11) is 1.43. The minimum absolute atomic E-state index is 0.181. The van der Waals surface area contributed by atoms with E-state index in [1.165, 1.54) is 12.7 Å². The standard InChI is InChI=1S/C8H10.C2H6O2/c1-2-8-6-4-3-5-7-8;1-4-2-3/h3-7H,2H2,1H3;3H,2H2,1H3. The van der Waals surface area contributed by atoms with Crippen molar-refractivity contribution in [2.45, 2.75) is 13.3 Å². The topological polar surface area (TPSA) is 29.5 Å². The molecule has 1 N–H and O–H groups in total. The molecule has 0 aromatic heterocycles. The van der Waals surface area contributed by atoms with Crippen LogP contribution < -0.4 is 0 Å². The maximum absolute atomic E-state index is 7.65. The molecule has 0 unspecified atom stereocenters. The molecule has 12 heavy (non-hydrogen) atoms. The highest BCUT2D eigenvalue weighted by Crippen LogP contribution is 1.96. The minimum Gasteiger partial charge on any atom is -0.371 e. The Labute approximate surface area is 73.8 Å². The third-order valence-corrected chi connectivity index (χ3v) is 1.38. The summed E-state index contributed by atoms with van der Waals surface area (Å²) in [5, 5.41) is 7.65. The number of rotatable bonds is 2. The number of hydrogen-bond acceptors (Lipinski definition) is 2. The second-order valence-electron chi connectivity index (χ2n) is 2.26. The van der Waals surface area contributed by atoms with Gasteiger partial charge in [-0.05, 0) is 12.0 Å². The summed E-state index contributed by atoms with van der Waals surface area (Å²) in [6.07, 6.45) is 1.14. The van der Waals surface area contributed by atoms with Crippen LogP contribution in [-0.2, 0) is 11.2 Å². The summed E-state index contributed by atoms with van der Waals surface area (Å²) >= 11 is 0. The van der Waals surface area contributed by atoms with E-state index in [-0.39, 0.29) is 6.79 Å². The fraction of sp³-hybridized carbons (Fsp3) is 0.400. The van der Waals surface area contributed by atoms with Crippen LogP contribution in [0.5, 0.6) is 0 Å². The number of methoxy groups -OCH3 is 1. The van der Waals surface area contributed by atoms with Gasteiger partial charge in [0.25, 0.3) is 0 Å². The maximum Gasteiger partial charge on any atom is 0.143 e. The smallest absolute Gasteiger partial charge is 0.143 e. The van der Waals surface area contributed by atoms with Crippen molar-refractivity contribution >= 4 is 0 Å². The Bertz CT molecular complexity index is 170. The van der Waals surface area contributed by atoms with Crippen molar-refractivity contribution < 1.29 is 9.84 Å². The summed E-state index contributed by atoms with van der Waals surface area (Å²) in [6, 6.07) is 10.5. The minimum atomic E-state index is -0.181. The summed E-state index contributed by atoms with van der Waals surface area (Å²) in [6.45, 7) is 1.98. The van der Waals surface area contributed by atoms with Crippen LogP contribution in [0.15, 0.2) is 30.3 Å². The third-order valence-electron chi connectivity index (χ3n) is 1.38. The molecule has 0 heterocycles. The van der Waals surface area contributed by atoms with E-state index in [9.17, 15) is 0 Å². The second-order valence-corrected chi connectivity index (χ2v) is 2.26. The van der Waals surface area contributed by atoms with Crippen LogP contribution in [0, 0.1) is 0 Å². The lowest BCUT2D eigenvalue weighted by Crippen LogP contribution is -1.79. The SMILES string of the molecule is CCc1ccccc1.COCO. The molecular weight excluding hydrogens is 152 g/mol. The first-order valence-corrected chi connectivity index (χ1v) is 3.98. The quantitative estimate of drug-likeness (QED) is 0.683. The van der Waals surface area contributed by atoms with Crippen molar-refractivity contribution in [3.8, 4) is 0 Å². The molecule has 0 atom stereocenters. The molecule has 0 aliphatic heterocycles. The average molecular weight is 168 g/mol. The van der Waals surface area contributed by atoms with Crippen molar-refractivity contribution in [1.82, 2.24) is 0 Å². The van der Waals surface area contributed by atoms with Gasteiger partial charge >= 0.3 is 0 Å². The first kappa shape index (κ1) is 11.1. The molecular formula is C10H16O2. The average Bonchev–Trinajstić information content (AvgIpc) is 2.19. The molecule has 1 aromatic rings. The Balaban J connectivity index is 0.000000261. The molecule has 0 saturated heterocycles. The molecule has 0 saturated carbocycles. The van der Waals surface area contributed by atoms with Gasteiger partial charge < -0.3 is 9.84 Å². The Morgan fingerprint density at radius 2 is 1.75 bits per heavy atom. The fourth-order valence-corrected chi connectivity index (χ4v) is 0.714. The first-order chi connectivity index (χ1) is 5.85. The Morgan fingerprint density at radius 1 is 1.25 bits per heavy atom. The van der Waals surface area contributed by atoms with Crippen LogP contribution in [0.3, 0.4) is 0 Å². The fourth-order valence-electron chi connectivity index (χ4n) is 0.714. The lowest BCUT2D eigenvalue weighted by atomic mass is 10.2. The summed E-state index contributed by atoms with van der Waals surface area (Å²) in [4.78, 5) is 0. The van der Waals surface area contributed by atoms with Gasteiger partial charge in [-0.1, -0.05) is 37.3 Å². The lowest BCUT2D eigenvalue weighted by Gasteiger charge is -1.89. The normalized spacial score (nSPS) is 8.58. The zero-order valence-corrected chi connectivity index (χ0v) is 7.66. The largest absolute Gasteiger partial charge is 0.371 e. The van der Waals surface area contributed by atoms with E-state index in [0.29, 0.717) is 0 Å². The highest BCUT2D eigenvalue weighted by atomic mass is 16.6. The lowest BCUT2D eigenvalue weighted by molar-refractivity contribution is 0.0325. The maximum atomic E-state index is 7.65. The van der Waals surface area contributed by atoms with Gasteiger partial charge in [-0.2, -0.15) is 0 Å². The molecule has 1 rings (SSSR count). The van der Waals surface area contributed by atoms with Crippen LogP contribution >= 0.6 is 0 Å². The third kappa shape index (κ3) is 5.89. The van der Waals surface area contributed by atoms with Crippen LogP contribution in [-0.4, -0.2) is 19.0 Å². The zero-order valence-electron chi connectivity index (χ0n) is 7.66. The number of aliphatic hydroxyl groups excluding tert-OH is 1. The van der Waals surface area contributed by atoms with Gasteiger partial charge in [-0.15, -0.1) is 0 Å². The number of aryl methyl sites for hydroxylation is 1. The van der Waals surface area contributed by atoms with Gasteiger partial charge in [0.2, 0.25) is 0 Å². The van der Waals surface area contributed by atoms with Gasteiger partial charge in [0, 0.05) is 7.11 Å². The molecule has 2 heteroatoms. The predicted octanol–water partition coefficient (Wildman–Crippen LogP) is 1.83. The van der Waals surface area contributed by atoms with Crippen molar-refractivity contribution in [1.29, 1.82) is 0 Å². The highest BCUT2D eigenvalue weighted by molar-refractivity contribution is 5.13. The van der Waals surface area contributed by atoms with E-state index in [2.05, 4.69) is 35.9 Å². The Hall–Kier alpha value is -0.860. The molecule has 0 bridgehead atoms. The van der Waals surface area contributed by atoms with E-state index in [1.807, 2.05) is 6.07 Å². The van der Waals surface area contributed by atoms with E-state index < -0.39 is 0 Å². The van der Waals surface area contributed by atoms with E-state index in [4.69, 9.17) is 5.11 Å². The first-order valence-electron chi connectivity index (χ1n) is 3.98. The molecule has 0 spiro atoms. The summed E-state index contributed by atoms with van der Waals surface area (Å²) < 4.78 is 4.10. The molecule has 2 nitrogen and oxygen atoms in total. The van der Waals surface area contributed by atoms with Crippen molar-refractivity contribution in [3.63, 3.8) is 0 Å². The van der Waals surface area contributed by atoms with Gasteiger partial charge in [-0.3, -0.25) is 0 Å². The second kappa shape index (κ2) is 8.24. The summed E-state index contributed by atoms with van der Waals surface area (Å²) in [5.41, 5.74) is 1.41. The summed E-state index contributed by atoms with van der Waals surface area (Å²) in [5.74, 6) is 0. The molecule has 1 aromatic carbocycles. The van der Waals surface area contributed by atoms with Crippen LogP contribution in [0.1, 0.15) is 12.5 Å². The van der Waals surface area contributed by atoms with Gasteiger partial charge in [0.1, 0.15) is 6.79 Å². The molecule has 0 fully saturated rings. The Morgan fingerprint density at radius 3 is 2.00 bits per heavy atom. The monoisotopic (exact) mass is 168 g/mol. The molecule has 68 valence electrons. The van der Waals surface area contributed by atoms with Crippen LogP contribution in [0.4, 0.5) is 0 Å². The van der Waals surface area contributed by atoms with Gasteiger partial charge in [0.05, 0.1) is 0 Å². The number of benzene rings is 1. The van der Waals surface area contributed by atoms with E-state index >= 15 is 0 Å². The number of ether oxygens (including phenoxy) is 1. The molecule has 0 radical (unpaired) electrons. The van der Waals surface area contributed by atoms with Crippen molar-refractivity contribution in [2.24, 2.45) is 0 Å².